The highest BCUT2D eigenvalue weighted by molar-refractivity contribution is 5.72. The highest BCUT2D eigenvalue weighted by atomic mass is 16.5. The van der Waals surface area contributed by atoms with E-state index < -0.39 is 0 Å². The van der Waals surface area contributed by atoms with Crippen LogP contribution in [0, 0.1) is 0 Å². The van der Waals surface area contributed by atoms with Gasteiger partial charge in [0.05, 0.1) is 0 Å². The summed E-state index contributed by atoms with van der Waals surface area (Å²) in [5, 5.41) is 8.11. The molecule has 0 atom stereocenters. The third-order valence-corrected chi connectivity index (χ3v) is 1.10. The molecule has 4 heteroatoms. The number of carbonyl (C=O) groups is 1. The molecule has 0 spiro atoms. The molecule has 54 valence electrons. The van der Waals surface area contributed by atoms with Crippen molar-refractivity contribution in [2.24, 2.45) is 0 Å². The number of nitrogens with one attached hydrogen (secondary N) is 1. The van der Waals surface area contributed by atoms with Crippen LogP contribution in [0.4, 0.5) is 0 Å². The normalized spacial score (nSPS) is 9.22. The van der Waals surface area contributed by atoms with Crippen LogP contribution in [0.1, 0.15) is 6.92 Å². The fourth-order valence-electron chi connectivity index (χ4n) is 0.375. The Morgan fingerprint density at radius 2 is 2.33 bits per heavy atom. The first-order valence-electron chi connectivity index (χ1n) is 2.77. The average molecular weight is 132 g/mol. The van der Waals surface area contributed by atoms with E-state index in [1.165, 1.54) is 11.8 Å². The lowest BCUT2D eigenvalue weighted by Crippen LogP contribution is -2.30. The summed E-state index contributed by atoms with van der Waals surface area (Å²) >= 11 is 0. The molecule has 0 saturated heterocycles. The molecule has 0 aromatic rings. The second kappa shape index (κ2) is 4.29. The van der Waals surface area contributed by atoms with Crippen LogP contribution in [0.2, 0.25) is 0 Å². The Balaban J connectivity index is 3.27. The zero-order valence-corrected chi connectivity index (χ0v) is 5.72. The molecule has 2 N–H and O–H groups in total. The van der Waals surface area contributed by atoms with Crippen LogP contribution in [0.3, 0.4) is 0 Å². The van der Waals surface area contributed by atoms with Gasteiger partial charge in [-0.3, -0.25) is 4.79 Å². The molecule has 0 radical (unpaired) electrons. The Morgan fingerprint density at radius 1 is 1.78 bits per heavy atom. The van der Waals surface area contributed by atoms with E-state index >= 15 is 0 Å². The van der Waals surface area contributed by atoms with Crippen molar-refractivity contribution in [1.29, 1.82) is 0 Å². The molecule has 0 aromatic heterocycles. The van der Waals surface area contributed by atoms with E-state index in [9.17, 15) is 4.79 Å². The molecule has 1 amide bonds. The largest absolute Gasteiger partial charge is 0.345 e. The Hall–Kier alpha value is -0.610. The molecule has 0 aliphatic rings. The van der Waals surface area contributed by atoms with Gasteiger partial charge in [-0.25, -0.2) is 5.48 Å². The van der Waals surface area contributed by atoms with Crippen LogP contribution in [-0.2, 0) is 4.79 Å². The van der Waals surface area contributed by atoms with Crippen molar-refractivity contribution in [3.63, 3.8) is 0 Å². The van der Waals surface area contributed by atoms with Gasteiger partial charge in [0.2, 0.25) is 5.91 Å². The predicted octanol–water partition coefficient (Wildman–Crippen LogP) is -0.556. The SMILES string of the molecule is CC(=O)N(C)CCNO. The lowest BCUT2D eigenvalue weighted by atomic mass is 10.5. The van der Waals surface area contributed by atoms with Crippen molar-refractivity contribution in [2.75, 3.05) is 20.1 Å². The van der Waals surface area contributed by atoms with Crippen molar-refractivity contribution >= 4 is 5.91 Å². The molecule has 0 aromatic carbocycles. The van der Waals surface area contributed by atoms with Gasteiger partial charge < -0.3 is 10.1 Å². The van der Waals surface area contributed by atoms with E-state index in [1.807, 2.05) is 5.48 Å². The molecule has 0 aliphatic carbocycles. The summed E-state index contributed by atoms with van der Waals surface area (Å²) in [5.41, 5.74) is 1.96. The first-order valence-corrected chi connectivity index (χ1v) is 2.77. The first-order chi connectivity index (χ1) is 4.18. The van der Waals surface area contributed by atoms with Crippen molar-refractivity contribution in [2.45, 2.75) is 6.92 Å². The Morgan fingerprint density at radius 3 is 2.67 bits per heavy atom. The Labute approximate surface area is 54.4 Å². The molecule has 0 rings (SSSR count). The topological polar surface area (TPSA) is 52.6 Å². The zero-order chi connectivity index (χ0) is 7.28. The molecule has 0 unspecified atom stereocenters. The number of amides is 1. The zero-order valence-electron chi connectivity index (χ0n) is 5.72. The maximum absolute atomic E-state index is 10.5. The van der Waals surface area contributed by atoms with Gasteiger partial charge in [-0.1, -0.05) is 0 Å². The maximum atomic E-state index is 10.5. The van der Waals surface area contributed by atoms with Crippen molar-refractivity contribution in [1.82, 2.24) is 10.4 Å². The average Bonchev–Trinajstić information content (AvgIpc) is 1.82. The highest BCUT2D eigenvalue weighted by Crippen LogP contribution is 1.79. The molecule has 0 bridgehead atoms. The quantitative estimate of drug-likeness (QED) is 0.506. The summed E-state index contributed by atoms with van der Waals surface area (Å²) in [5.74, 6) is 0.00486. The maximum Gasteiger partial charge on any atom is 0.219 e. The van der Waals surface area contributed by atoms with Gasteiger partial charge in [0.15, 0.2) is 0 Å². The fourth-order valence-corrected chi connectivity index (χ4v) is 0.375. The number of nitrogens with zero attached hydrogens (tertiary/aromatic N) is 1. The monoisotopic (exact) mass is 132 g/mol. The van der Waals surface area contributed by atoms with Crippen LogP contribution >= 0.6 is 0 Å². The minimum Gasteiger partial charge on any atom is -0.345 e. The number of likely N-dealkylation sites (N-methyl/N-ethyl adjacent to an activating group) is 1. The van der Waals surface area contributed by atoms with Crippen LogP contribution in [0.5, 0.6) is 0 Å². The summed E-state index contributed by atoms with van der Waals surface area (Å²) in [7, 11) is 1.68. The molecule has 0 heterocycles. The predicted molar refractivity (Wildman–Crippen MR) is 33.1 cm³/mol. The summed E-state index contributed by atoms with van der Waals surface area (Å²) in [6.07, 6.45) is 0. The van der Waals surface area contributed by atoms with E-state index in [4.69, 9.17) is 5.21 Å². The molecule has 0 saturated carbocycles. The third kappa shape index (κ3) is 3.93. The molecule has 0 fully saturated rings. The number of hydrogen-bond acceptors (Lipinski definition) is 3. The van der Waals surface area contributed by atoms with Crippen molar-refractivity contribution < 1.29 is 10.0 Å². The van der Waals surface area contributed by atoms with Crippen LogP contribution in [0.25, 0.3) is 0 Å². The summed E-state index contributed by atoms with van der Waals surface area (Å²) in [6, 6.07) is 0. The van der Waals surface area contributed by atoms with Gasteiger partial charge in [0, 0.05) is 27.1 Å². The van der Waals surface area contributed by atoms with E-state index in [0.717, 1.165) is 0 Å². The van der Waals surface area contributed by atoms with Gasteiger partial charge in [0.1, 0.15) is 0 Å². The van der Waals surface area contributed by atoms with E-state index in [0.29, 0.717) is 13.1 Å². The van der Waals surface area contributed by atoms with Crippen LogP contribution in [0.15, 0.2) is 0 Å². The second-order valence-electron chi connectivity index (χ2n) is 1.85. The second-order valence-corrected chi connectivity index (χ2v) is 1.85. The van der Waals surface area contributed by atoms with Crippen molar-refractivity contribution in [3.8, 4) is 0 Å². The van der Waals surface area contributed by atoms with Gasteiger partial charge in [0.25, 0.3) is 0 Å². The van der Waals surface area contributed by atoms with Crippen molar-refractivity contribution in [3.05, 3.63) is 0 Å². The summed E-state index contributed by atoms with van der Waals surface area (Å²) in [6.45, 7) is 2.43. The molecular formula is C5H12N2O2. The van der Waals surface area contributed by atoms with Gasteiger partial charge in [-0.15, -0.1) is 0 Å². The summed E-state index contributed by atoms with van der Waals surface area (Å²) in [4.78, 5) is 12.0. The molecule has 0 aliphatic heterocycles. The van der Waals surface area contributed by atoms with Gasteiger partial charge >= 0.3 is 0 Å². The highest BCUT2D eigenvalue weighted by Gasteiger charge is 1.98. The summed E-state index contributed by atoms with van der Waals surface area (Å²) < 4.78 is 0. The Kier molecular flexibility index (Phi) is 4.00. The van der Waals surface area contributed by atoms with Crippen LogP contribution in [-0.4, -0.2) is 36.2 Å². The number of rotatable bonds is 3. The number of carbonyl (C=O) groups excluding carboxylic acids is 1. The van der Waals surface area contributed by atoms with Crippen LogP contribution < -0.4 is 5.48 Å². The molecule has 9 heavy (non-hydrogen) atoms. The minimum atomic E-state index is 0.00486. The molecular weight excluding hydrogens is 120 g/mol. The van der Waals surface area contributed by atoms with E-state index in [1.54, 1.807) is 7.05 Å². The Bertz CT molecular complexity index is 95.0. The first kappa shape index (κ1) is 8.39. The van der Waals surface area contributed by atoms with Gasteiger partial charge in [-0.2, -0.15) is 0 Å². The van der Waals surface area contributed by atoms with Gasteiger partial charge in [-0.05, 0) is 0 Å². The lowest BCUT2D eigenvalue weighted by molar-refractivity contribution is -0.127. The minimum absolute atomic E-state index is 0.00486. The fraction of sp³-hybridized carbons (Fsp3) is 0.800. The number of hydroxylamine groups is 1. The standard InChI is InChI=1S/C5H12N2O2/c1-5(8)7(2)4-3-6-9/h6,9H,3-4H2,1-2H3. The van der Waals surface area contributed by atoms with E-state index in [-0.39, 0.29) is 5.91 Å². The molecule has 4 nitrogen and oxygen atoms in total. The third-order valence-electron chi connectivity index (χ3n) is 1.10. The number of hydrogen-bond donors (Lipinski definition) is 2. The lowest BCUT2D eigenvalue weighted by Gasteiger charge is -2.12. The smallest absolute Gasteiger partial charge is 0.219 e. The van der Waals surface area contributed by atoms with E-state index in [2.05, 4.69) is 0 Å².